The predicted octanol–water partition coefficient (Wildman–Crippen LogP) is 2.68. The molecule has 0 bridgehead atoms. The normalized spacial score (nSPS) is 17.1. The third-order valence-corrected chi connectivity index (χ3v) is 5.40. The lowest BCUT2D eigenvalue weighted by Gasteiger charge is -2.32. The largest absolute Gasteiger partial charge is 0.375 e. The second-order valence-corrected chi connectivity index (χ2v) is 7.47. The number of morpholine rings is 1. The van der Waals surface area contributed by atoms with E-state index in [1.807, 2.05) is 24.8 Å². The van der Waals surface area contributed by atoms with Crippen LogP contribution in [0.15, 0.2) is 27.8 Å². The quantitative estimate of drug-likeness (QED) is 0.651. The molecule has 8 nitrogen and oxygen atoms in total. The molecule has 0 saturated carbocycles. The second-order valence-electron chi connectivity index (χ2n) is 6.75. The summed E-state index contributed by atoms with van der Waals surface area (Å²) >= 11 is 1.43. The zero-order valence-corrected chi connectivity index (χ0v) is 16.6. The first-order valence-electron chi connectivity index (χ1n) is 9.15. The Morgan fingerprint density at radius 3 is 2.96 bits per heavy atom. The van der Waals surface area contributed by atoms with Gasteiger partial charge in [0.15, 0.2) is 0 Å². The van der Waals surface area contributed by atoms with E-state index in [1.54, 1.807) is 17.2 Å². The Hall–Kier alpha value is -2.65. The van der Waals surface area contributed by atoms with Crippen LogP contribution in [-0.2, 0) is 11.2 Å². The minimum atomic E-state index is -0.0303. The number of nitrogens with zero attached hydrogens (tertiary/aromatic N) is 5. The Bertz CT molecular complexity index is 937. The van der Waals surface area contributed by atoms with Gasteiger partial charge >= 0.3 is 0 Å². The van der Waals surface area contributed by atoms with Crippen LogP contribution in [0.2, 0.25) is 0 Å². The zero-order valence-electron chi connectivity index (χ0n) is 15.8. The summed E-state index contributed by atoms with van der Waals surface area (Å²) in [5, 5.41) is 5.77. The van der Waals surface area contributed by atoms with E-state index in [2.05, 4.69) is 20.1 Å². The molecular weight excluding hydrogens is 378 g/mol. The second kappa shape index (κ2) is 8.15. The molecule has 0 unspecified atom stereocenters. The van der Waals surface area contributed by atoms with Crippen LogP contribution in [0.3, 0.4) is 0 Å². The highest BCUT2D eigenvalue weighted by Gasteiger charge is 2.26. The van der Waals surface area contributed by atoms with Gasteiger partial charge < -0.3 is 14.2 Å². The van der Waals surface area contributed by atoms with Gasteiger partial charge in [-0.3, -0.25) is 4.79 Å². The van der Waals surface area contributed by atoms with E-state index in [-0.39, 0.29) is 12.0 Å². The first-order valence-corrected chi connectivity index (χ1v) is 10.1. The maximum atomic E-state index is 12.5. The lowest BCUT2D eigenvalue weighted by Crippen LogP contribution is -2.45. The summed E-state index contributed by atoms with van der Waals surface area (Å²) in [6, 6.07) is 1.97. The van der Waals surface area contributed by atoms with E-state index in [1.165, 1.54) is 11.3 Å². The number of carbonyl (C=O) groups excluding carboxylic acids is 1. The topological polar surface area (TPSA) is 94.2 Å². The number of aromatic nitrogens is 4. The number of hydrogen-bond donors (Lipinski definition) is 0. The van der Waals surface area contributed by atoms with E-state index >= 15 is 0 Å². The van der Waals surface area contributed by atoms with Crippen molar-refractivity contribution < 1.29 is 14.1 Å². The molecule has 0 aromatic carbocycles. The first kappa shape index (κ1) is 18.7. The van der Waals surface area contributed by atoms with Gasteiger partial charge in [0.05, 0.1) is 35.2 Å². The van der Waals surface area contributed by atoms with Gasteiger partial charge in [0.1, 0.15) is 17.8 Å². The van der Waals surface area contributed by atoms with Crippen molar-refractivity contribution in [2.24, 2.45) is 0 Å². The summed E-state index contributed by atoms with van der Waals surface area (Å²) in [7, 11) is 0. The van der Waals surface area contributed by atoms with Gasteiger partial charge in [-0.05, 0) is 32.8 Å². The predicted molar refractivity (Wildman–Crippen MR) is 103 cm³/mol. The van der Waals surface area contributed by atoms with E-state index in [4.69, 9.17) is 9.26 Å². The molecule has 1 atom stereocenters. The smallest absolute Gasteiger partial charge is 0.273 e. The highest BCUT2D eigenvalue weighted by atomic mass is 32.1. The summed E-state index contributed by atoms with van der Waals surface area (Å²) in [4.78, 5) is 27.2. The van der Waals surface area contributed by atoms with Crippen LogP contribution in [0.25, 0.3) is 11.3 Å². The fourth-order valence-corrected chi connectivity index (χ4v) is 3.91. The molecule has 0 spiro atoms. The Balaban J connectivity index is 1.39. The third kappa shape index (κ3) is 3.95. The third-order valence-electron chi connectivity index (χ3n) is 4.81. The van der Waals surface area contributed by atoms with Gasteiger partial charge in [0.25, 0.3) is 5.91 Å². The summed E-state index contributed by atoms with van der Waals surface area (Å²) in [5.41, 5.74) is 5.65. The van der Waals surface area contributed by atoms with E-state index in [0.717, 1.165) is 41.2 Å². The molecular formula is C19H21N5O3S. The van der Waals surface area contributed by atoms with Crippen molar-refractivity contribution in [2.75, 3.05) is 19.7 Å². The standard InChI is InChI=1S/C19H21N5O3S/c1-12-18(13(2)27-23-12)16-7-14(20-10-21-16)3-4-15-8-24(5-6-26-15)19(25)17-9-28-11-22-17/h7,9-11,15H,3-6,8H2,1-2H3/t15-/m0/s1. The van der Waals surface area contributed by atoms with E-state index in [0.29, 0.717) is 25.4 Å². The number of carbonyl (C=O) groups is 1. The average molecular weight is 399 g/mol. The molecule has 0 radical (unpaired) electrons. The number of aryl methyl sites for hydroxylation is 3. The van der Waals surface area contributed by atoms with E-state index in [9.17, 15) is 4.79 Å². The van der Waals surface area contributed by atoms with E-state index < -0.39 is 0 Å². The highest BCUT2D eigenvalue weighted by molar-refractivity contribution is 7.07. The number of ether oxygens (including phenoxy) is 1. The lowest BCUT2D eigenvalue weighted by molar-refractivity contribution is -0.0248. The Kier molecular flexibility index (Phi) is 5.45. The average Bonchev–Trinajstić information content (AvgIpc) is 3.36. The van der Waals surface area contributed by atoms with Gasteiger partial charge in [-0.2, -0.15) is 0 Å². The Labute approximate surface area is 166 Å². The van der Waals surface area contributed by atoms with Crippen LogP contribution in [0, 0.1) is 13.8 Å². The SMILES string of the molecule is Cc1noc(C)c1-c1cc(CC[C@H]2CN(C(=O)c3cscn3)CCO2)ncn1. The molecule has 1 fully saturated rings. The lowest BCUT2D eigenvalue weighted by atomic mass is 10.1. The molecule has 1 amide bonds. The molecule has 1 aliphatic rings. The summed E-state index contributed by atoms with van der Waals surface area (Å²) in [6.45, 7) is 5.47. The van der Waals surface area contributed by atoms with Crippen molar-refractivity contribution >= 4 is 17.2 Å². The van der Waals surface area contributed by atoms with Gasteiger partial charge in [0, 0.05) is 24.2 Å². The van der Waals surface area contributed by atoms with Crippen molar-refractivity contribution in [3.05, 3.63) is 46.1 Å². The number of thiazole rings is 1. The number of amides is 1. The Morgan fingerprint density at radius 1 is 1.32 bits per heavy atom. The monoisotopic (exact) mass is 399 g/mol. The maximum Gasteiger partial charge on any atom is 0.273 e. The van der Waals surface area contributed by atoms with Crippen LogP contribution in [-0.4, -0.2) is 56.7 Å². The zero-order chi connectivity index (χ0) is 19.5. The van der Waals surface area contributed by atoms with Crippen molar-refractivity contribution in [3.8, 4) is 11.3 Å². The number of rotatable bonds is 5. The molecule has 4 heterocycles. The molecule has 1 saturated heterocycles. The minimum Gasteiger partial charge on any atom is -0.375 e. The van der Waals surface area contributed by atoms with Crippen LogP contribution in [0.5, 0.6) is 0 Å². The van der Waals surface area contributed by atoms with Crippen molar-refractivity contribution in [1.82, 2.24) is 25.0 Å². The molecule has 28 heavy (non-hydrogen) atoms. The molecule has 3 aromatic heterocycles. The Morgan fingerprint density at radius 2 is 2.21 bits per heavy atom. The van der Waals surface area contributed by atoms with Crippen LogP contribution in [0.1, 0.15) is 34.1 Å². The highest BCUT2D eigenvalue weighted by Crippen LogP contribution is 2.25. The van der Waals surface area contributed by atoms with Gasteiger partial charge in [-0.15, -0.1) is 11.3 Å². The first-order chi connectivity index (χ1) is 13.6. The molecule has 3 aromatic rings. The fraction of sp³-hybridized carbons (Fsp3) is 0.421. The van der Waals surface area contributed by atoms with Crippen molar-refractivity contribution in [3.63, 3.8) is 0 Å². The summed E-state index contributed by atoms with van der Waals surface area (Å²) < 4.78 is 11.1. The van der Waals surface area contributed by atoms with Crippen molar-refractivity contribution in [1.29, 1.82) is 0 Å². The van der Waals surface area contributed by atoms with Gasteiger partial charge in [-0.1, -0.05) is 5.16 Å². The minimum absolute atomic E-state index is 0.0196. The molecule has 146 valence electrons. The molecule has 1 aliphatic heterocycles. The summed E-state index contributed by atoms with van der Waals surface area (Å²) in [6.07, 6.45) is 3.06. The van der Waals surface area contributed by atoms with Crippen LogP contribution < -0.4 is 0 Å². The van der Waals surface area contributed by atoms with Crippen LogP contribution in [0.4, 0.5) is 0 Å². The van der Waals surface area contributed by atoms with Gasteiger partial charge in [0.2, 0.25) is 0 Å². The van der Waals surface area contributed by atoms with Crippen molar-refractivity contribution in [2.45, 2.75) is 32.8 Å². The van der Waals surface area contributed by atoms with Crippen LogP contribution >= 0.6 is 11.3 Å². The molecule has 4 rings (SSSR count). The summed E-state index contributed by atoms with van der Waals surface area (Å²) in [5.74, 6) is 0.714. The molecule has 9 heteroatoms. The molecule has 0 aliphatic carbocycles. The maximum absolute atomic E-state index is 12.5. The number of hydrogen-bond acceptors (Lipinski definition) is 8. The van der Waals surface area contributed by atoms with Gasteiger partial charge in [-0.25, -0.2) is 15.0 Å². The fourth-order valence-electron chi connectivity index (χ4n) is 3.39. The molecule has 0 N–H and O–H groups in total.